The second kappa shape index (κ2) is 4.06. The first kappa shape index (κ1) is 8.14. The maximum absolute atomic E-state index is 10.4. The third-order valence-corrected chi connectivity index (χ3v) is 0.870. The van der Waals surface area contributed by atoms with Gasteiger partial charge in [0.15, 0.2) is 0 Å². The second-order valence-electron chi connectivity index (χ2n) is 1.84. The summed E-state index contributed by atoms with van der Waals surface area (Å²) in [6.45, 7) is 1.83. The van der Waals surface area contributed by atoms with Gasteiger partial charge in [0.2, 0.25) is 0 Å². The molecule has 0 saturated heterocycles. The van der Waals surface area contributed by atoms with Gasteiger partial charge in [0, 0.05) is 18.8 Å². The smallest absolute Gasteiger partial charge is 0.138 e. The summed E-state index contributed by atoms with van der Waals surface area (Å²) < 4.78 is 0. The summed E-state index contributed by atoms with van der Waals surface area (Å²) in [6, 6.07) is 0. The van der Waals surface area contributed by atoms with Crippen LogP contribution in [0.1, 0.15) is 26.2 Å². The summed E-state index contributed by atoms with van der Waals surface area (Å²) in [5.74, 6) is -1.54. The van der Waals surface area contributed by atoms with Crippen molar-refractivity contribution in [1.82, 2.24) is 0 Å². The van der Waals surface area contributed by atoms with Gasteiger partial charge >= 0.3 is 0 Å². The monoisotopic (exact) mass is 129 g/mol. The van der Waals surface area contributed by atoms with Crippen molar-refractivity contribution >= 4 is 11.8 Å². The maximum Gasteiger partial charge on any atom is 0.138 e. The molecular weight excluding hydrogens is 120 g/mol. The third kappa shape index (κ3) is 5.00. The molecule has 9 heavy (non-hydrogen) atoms. The molecule has 0 amide bonds. The van der Waals surface area contributed by atoms with Crippen molar-refractivity contribution in [1.29, 1.82) is 0 Å². The molecule has 0 unspecified atom stereocenters. The predicted octanol–water partition coefficient (Wildman–Crippen LogP) is -0.504. The van der Waals surface area contributed by atoms with Crippen LogP contribution in [0.4, 0.5) is 0 Å². The molecule has 3 heteroatoms. The lowest BCUT2D eigenvalue weighted by atomic mass is 10.2. The van der Waals surface area contributed by atoms with Crippen LogP contribution in [0.2, 0.25) is 0 Å². The molecule has 0 fully saturated rings. The summed E-state index contributed by atoms with van der Waals surface area (Å²) in [5.41, 5.74) is 0. The summed E-state index contributed by atoms with van der Waals surface area (Å²) in [6.07, 6.45) is 0.605. The molecule has 0 aromatic carbocycles. The molecular formula is C6H9O3-. The average Bonchev–Trinajstić information content (AvgIpc) is 1.63. The highest BCUT2D eigenvalue weighted by Crippen LogP contribution is 1.91. The third-order valence-electron chi connectivity index (χ3n) is 0.870. The van der Waals surface area contributed by atoms with Gasteiger partial charge in [0.05, 0.1) is 0 Å². The van der Waals surface area contributed by atoms with Crippen LogP contribution in [-0.4, -0.2) is 11.8 Å². The quantitative estimate of drug-likeness (QED) is 0.480. The SMILES string of the molecule is CCCC(=O)CC(=O)[O-]. The number of carboxylic acids is 1. The first-order chi connectivity index (χ1) is 4.16. The van der Waals surface area contributed by atoms with Crippen molar-refractivity contribution in [3.05, 3.63) is 0 Å². The summed E-state index contributed by atoms with van der Waals surface area (Å²) >= 11 is 0. The van der Waals surface area contributed by atoms with E-state index in [0.717, 1.165) is 0 Å². The molecule has 0 spiro atoms. The predicted molar refractivity (Wildman–Crippen MR) is 29.5 cm³/mol. The van der Waals surface area contributed by atoms with Crippen molar-refractivity contribution < 1.29 is 14.7 Å². The Morgan fingerprint density at radius 2 is 2.00 bits per heavy atom. The number of carbonyl (C=O) groups excluding carboxylic acids is 2. The van der Waals surface area contributed by atoms with E-state index in [-0.39, 0.29) is 5.78 Å². The first-order valence-corrected chi connectivity index (χ1v) is 2.88. The summed E-state index contributed by atoms with van der Waals surface area (Å²) in [4.78, 5) is 20.2. The van der Waals surface area contributed by atoms with Gasteiger partial charge in [0.25, 0.3) is 0 Å². The fourth-order valence-electron chi connectivity index (χ4n) is 0.528. The van der Waals surface area contributed by atoms with Gasteiger partial charge in [0.1, 0.15) is 5.78 Å². The van der Waals surface area contributed by atoms with Crippen LogP contribution in [0.25, 0.3) is 0 Å². The Balaban J connectivity index is 3.39. The van der Waals surface area contributed by atoms with Crippen LogP contribution in [-0.2, 0) is 9.59 Å². The number of carboxylic acid groups (broad SMARTS) is 1. The largest absolute Gasteiger partial charge is 0.550 e. The average molecular weight is 129 g/mol. The highest BCUT2D eigenvalue weighted by atomic mass is 16.4. The zero-order valence-corrected chi connectivity index (χ0v) is 5.35. The Labute approximate surface area is 53.7 Å². The minimum atomic E-state index is -1.28. The van der Waals surface area contributed by atoms with Crippen LogP contribution < -0.4 is 5.11 Å². The molecule has 0 aromatic rings. The van der Waals surface area contributed by atoms with Gasteiger partial charge in [-0.15, -0.1) is 0 Å². The zero-order valence-electron chi connectivity index (χ0n) is 5.35. The van der Waals surface area contributed by atoms with Crippen molar-refractivity contribution in [2.24, 2.45) is 0 Å². The van der Waals surface area contributed by atoms with Gasteiger partial charge in [-0.1, -0.05) is 6.92 Å². The van der Waals surface area contributed by atoms with E-state index in [2.05, 4.69) is 0 Å². The van der Waals surface area contributed by atoms with Crippen molar-refractivity contribution in [3.63, 3.8) is 0 Å². The Bertz CT molecular complexity index is 117. The molecule has 0 aliphatic rings. The molecule has 0 N–H and O–H groups in total. The number of ketones is 1. The minimum absolute atomic E-state index is 0.252. The van der Waals surface area contributed by atoms with E-state index in [4.69, 9.17) is 0 Å². The molecule has 0 aliphatic heterocycles. The molecule has 0 atom stereocenters. The fourth-order valence-corrected chi connectivity index (χ4v) is 0.528. The van der Waals surface area contributed by atoms with Gasteiger partial charge < -0.3 is 9.90 Å². The topological polar surface area (TPSA) is 57.2 Å². The lowest BCUT2D eigenvalue weighted by molar-refractivity contribution is -0.304. The second-order valence-corrected chi connectivity index (χ2v) is 1.84. The zero-order chi connectivity index (χ0) is 7.28. The van der Waals surface area contributed by atoms with E-state index in [1.165, 1.54) is 0 Å². The number of hydrogen-bond donors (Lipinski definition) is 0. The Morgan fingerprint density at radius 1 is 1.44 bits per heavy atom. The maximum atomic E-state index is 10.4. The number of aliphatic carboxylic acids is 1. The van der Waals surface area contributed by atoms with Gasteiger partial charge in [-0.3, -0.25) is 4.79 Å². The van der Waals surface area contributed by atoms with Gasteiger partial charge in [-0.25, -0.2) is 0 Å². The Hall–Kier alpha value is -0.860. The first-order valence-electron chi connectivity index (χ1n) is 2.88. The summed E-state index contributed by atoms with van der Waals surface area (Å²) in [5, 5.41) is 9.75. The van der Waals surface area contributed by atoms with E-state index in [1.54, 1.807) is 0 Å². The van der Waals surface area contributed by atoms with E-state index in [0.29, 0.717) is 12.8 Å². The molecule has 0 bridgehead atoms. The standard InChI is InChI=1S/C6H10O3/c1-2-3-5(7)4-6(8)9/h2-4H2,1H3,(H,8,9)/p-1. The molecule has 0 aliphatic carbocycles. The van der Waals surface area contributed by atoms with E-state index >= 15 is 0 Å². The lowest BCUT2D eigenvalue weighted by Crippen LogP contribution is -2.25. The number of hydrogen-bond acceptors (Lipinski definition) is 3. The van der Waals surface area contributed by atoms with Crippen LogP contribution in [0.15, 0.2) is 0 Å². The molecule has 0 rings (SSSR count). The normalized spacial score (nSPS) is 9.00. The van der Waals surface area contributed by atoms with Crippen LogP contribution in [0.3, 0.4) is 0 Å². The van der Waals surface area contributed by atoms with Crippen LogP contribution in [0.5, 0.6) is 0 Å². The molecule has 0 aromatic heterocycles. The van der Waals surface area contributed by atoms with Gasteiger partial charge in [-0.2, -0.15) is 0 Å². The molecule has 0 radical (unpaired) electrons. The van der Waals surface area contributed by atoms with Crippen molar-refractivity contribution in [2.45, 2.75) is 26.2 Å². The highest BCUT2D eigenvalue weighted by molar-refractivity contribution is 5.93. The van der Waals surface area contributed by atoms with E-state index in [1.807, 2.05) is 6.92 Å². The number of rotatable bonds is 4. The fraction of sp³-hybridized carbons (Fsp3) is 0.667. The molecule has 3 nitrogen and oxygen atoms in total. The molecule has 52 valence electrons. The van der Waals surface area contributed by atoms with Crippen LogP contribution in [0, 0.1) is 0 Å². The molecule has 0 saturated carbocycles. The summed E-state index contributed by atoms with van der Waals surface area (Å²) in [7, 11) is 0. The number of carbonyl (C=O) groups is 2. The number of Topliss-reactive ketones (excluding diaryl/α,β-unsaturated/α-hetero) is 1. The van der Waals surface area contributed by atoms with Crippen molar-refractivity contribution in [3.8, 4) is 0 Å². The lowest BCUT2D eigenvalue weighted by Gasteiger charge is -1.97. The van der Waals surface area contributed by atoms with E-state index < -0.39 is 12.4 Å². The minimum Gasteiger partial charge on any atom is -0.550 e. The Morgan fingerprint density at radius 3 is 2.33 bits per heavy atom. The molecule has 0 heterocycles. The van der Waals surface area contributed by atoms with Crippen LogP contribution >= 0.6 is 0 Å². The van der Waals surface area contributed by atoms with Crippen molar-refractivity contribution in [2.75, 3.05) is 0 Å². The highest BCUT2D eigenvalue weighted by Gasteiger charge is 1.98. The van der Waals surface area contributed by atoms with Gasteiger partial charge in [-0.05, 0) is 6.42 Å². The Kier molecular flexibility index (Phi) is 3.67. The van der Waals surface area contributed by atoms with E-state index in [9.17, 15) is 14.7 Å².